The molecule has 9 heteroatoms. The molecule has 31 heavy (non-hydrogen) atoms. The zero-order valence-electron chi connectivity index (χ0n) is 16.1. The van der Waals surface area contributed by atoms with E-state index in [0.717, 1.165) is 17.7 Å². The van der Waals surface area contributed by atoms with E-state index in [0.29, 0.717) is 26.9 Å². The summed E-state index contributed by atoms with van der Waals surface area (Å²) in [5.41, 5.74) is 0.837. The van der Waals surface area contributed by atoms with E-state index in [-0.39, 0.29) is 19.0 Å². The van der Waals surface area contributed by atoms with Crippen LogP contribution in [0.3, 0.4) is 0 Å². The molecule has 0 unspecified atom stereocenters. The van der Waals surface area contributed by atoms with E-state index in [9.17, 15) is 18.0 Å². The first-order valence-corrected chi connectivity index (χ1v) is 10.3. The van der Waals surface area contributed by atoms with Gasteiger partial charge in [0.25, 0.3) is 0 Å². The third-order valence-electron chi connectivity index (χ3n) is 4.13. The van der Waals surface area contributed by atoms with Gasteiger partial charge in [0.15, 0.2) is 6.61 Å². The topological polar surface area (TPSA) is 47.9 Å². The molecule has 0 fully saturated rings. The molecule has 0 aliphatic carbocycles. The lowest BCUT2D eigenvalue weighted by Gasteiger charge is -2.07. The second-order valence-corrected chi connectivity index (χ2v) is 8.13. The lowest BCUT2D eigenvalue weighted by atomic mass is 10.1. The van der Waals surface area contributed by atoms with Crippen molar-refractivity contribution >= 4 is 34.9 Å². The van der Waals surface area contributed by atoms with Crippen LogP contribution in [0.2, 0.25) is 4.34 Å². The minimum atomic E-state index is -4.36. The second-order valence-electron chi connectivity index (χ2n) is 6.42. The zero-order valence-corrected chi connectivity index (χ0v) is 17.6. The average molecular weight is 468 g/mol. The molecule has 1 aromatic heterocycles. The maximum absolute atomic E-state index is 12.5. The summed E-state index contributed by atoms with van der Waals surface area (Å²) in [6.45, 7) is 0.000330. The van der Waals surface area contributed by atoms with Crippen LogP contribution in [0, 0.1) is 0 Å². The molecule has 0 aliphatic rings. The fourth-order valence-electron chi connectivity index (χ4n) is 2.50. The van der Waals surface area contributed by atoms with Gasteiger partial charge in [-0.15, -0.1) is 11.3 Å². The molecule has 3 aromatic rings. The number of oxime groups is 1. The van der Waals surface area contributed by atoms with Gasteiger partial charge in [-0.25, -0.2) is 0 Å². The lowest BCUT2D eigenvalue weighted by molar-refractivity contribution is -0.137. The summed E-state index contributed by atoms with van der Waals surface area (Å²) in [4.78, 5) is 17.7. The maximum atomic E-state index is 12.5. The summed E-state index contributed by atoms with van der Waals surface area (Å²) in [7, 11) is 0. The molecule has 0 bridgehead atoms. The summed E-state index contributed by atoms with van der Waals surface area (Å²) in [6, 6.07) is 15.2. The van der Waals surface area contributed by atoms with Crippen LogP contribution in [0.15, 0.2) is 65.8 Å². The zero-order chi connectivity index (χ0) is 22.3. The smallest absolute Gasteiger partial charge is 0.416 e. The largest absolute Gasteiger partial charge is 0.485 e. The Bertz CT molecular complexity index is 1030. The van der Waals surface area contributed by atoms with Crippen LogP contribution in [-0.2, 0) is 24.0 Å². The Labute approximate surface area is 185 Å². The Kier molecular flexibility index (Phi) is 7.70. The molecule has 0 saturated carbocycles. The number of Topliss-reactive ketones (excluding diaryl/α,β-unsaturated/α-hetero) is 1. The van der Waals surface area contributed by atoms with Gasteiger partial charge in [-0.2, -0.15) is 13.2 Å². The van der Waals surface area contributed by atoms with Crippen LogP contribution in [0.1, 0.15) is 26.4 Å². The highest BCUT2D eigenvalue weighted by Gasteiger charge is 2.29. The summed E-state index contributed by atoms with van der Waals surface area (Å²) >= 11 is 7.03. The standard InChI is InChI=1S/C22H17ClF3NO3S/c23-21-10-9-20(31-21)19(28)14-29-18-7-3-15(4-8-18)11-12-27-30-13-16-1-5-17(6-2-16)22(24,25)26/h1-10,12H,11,13-14H2. The number of halogens is 4. The molecule has 3 rings (SSSR count). The van der Waals surface area contributed by atoms with Crippen molar-refractivity contribution in [1.29, 1.82) is 0 Å². The van der Waals surface area contributed by atoms with E-state index < -0.39 is 11.7 Å². The molecule has 0 saturated heterocycles. The Morgan fingerprint density at radius 2 is 1.68 bits per heavy atom. The van der Waals surface area contributed by atoms with Gasteiger partial charge in [0.2, 0.25) is 5.78 Å². The number of benzene rings is 2. The van der Waals surface area contributed by atoms with Gasteiger partial charge in [-0.3, -0.25) is 4.79 Å². The van der Waals surface area contributed by atoms with E-state index in [1.807, 2.05) is 12.1 Å². The fraction of sp³-hybridized carbons (Fsp3) is 0.182. The number of rotatable bonds is 9. The first-order chi connectivity index (χ1) is 14.8. The van der Waals surface area contributed by atoms with Crippen LogP contribution in [0.25, 0.3) is 0 Å². The number of ether oxygens (including phenoxy) is 1. The number of ketones is 1. The summed E-state index contributed by atoms with van der Waals surface area (Å²) in [6.07, 6.45) is -2.30. The van der Waals surface area contributed by atoms with Crippen LogP contribution >= 0.6 is 22.9 Å². The van der Waals surface area contributed by atoms with E-state index >= 15 is 0 Å². The Morgan fingerprint density at radius 3 is 2.29 bits per heavy atom. The van der Waals surface area contributed by atoms with Crippen molar-refractivity contribution in [2.24, 2.45) is 5.16 Å². The molecule has 4 nitrogen and oxygen atoms in total. The Balaban J connectivity index is 1.39. The van der Waals surface area contributed by atoms with Gasteiger partial charge in [-0.1, -0.05) is 41.0 Å². The molecule has 0 amide bonds. The maximum Gasteiger partial charge on any atom is 0.416 e. The molecule has 1 heterocycles. The number of thiophene rings is 1. The molecule has 2 aromatic carbocycles. The number of alkyl halides is 3. The SMILES string of the molecule is O=C(COc1ccc(CC=NOCc2ccc(C(F)(F)F)cc2)cc1)c1ccc(Cl)s1. The number of hydrogen-bond acceptors (Lipinski definition) is 5. The predicted octanol–water partition coefficient (Wildman–Crippen LogP) is 6.43. The Morgan fingerprint density at radius 1 is 1.00 bits per heavy atom. The number of carbonyl (C=O) groups is 1. The van der Waals surface area contributed by atoms with Crippen molar-refractivity contribution in [1.82, 2.24) is 0 Å². The van der Waals surface area contributed by atoms with Crippen molar-refractivity contribution in [2.45, 2.75) is 19.2 Å². The molecule has 0 atom stereocenters. The minimum absolute atomic E-state index is 0.0740. The fourth-order valence-corrected chi connectivity index (χ4v) is 3.47. The summed E-state index contributed by atoms with van der Waals surface area (Å²) in [5, 5.41) is 3.82. The van der Waals surface area contributed by atoms with Gasteiger partial charge < -0.3 is 9.57 Å². The normalized spacial score (nSPS) is 11.6. The third-order valence-corrected chi connectivity index (χ3v) is 5.40. The quantitative estimate of drug-likeness (QED) is 0.207. The van der Waals surface area contributed by atoms with Crippen molar-refractivity contribution in [3.8, 4) is 5.75 Å². The van der Waals surface area contributed by atoms with Crippen LogP contribution in [0.4, 0.5) is 13.2 Å². The first-order valence-electron chi connectivity index (χ1n) is 9.11. The molecule has 0 aliphatic heterocycles. The van der Waals surface area contributed by atoms with E-state index in [1.165, 1.54) is 23.5 Å². The van der Waals surface area contributed by atoms with Crippen molar-refractivity contribution in [3.05, 3.63) is 86.6 Å². The molecule has 0 radical (unpaired) electrons. The highest BCUT2D eigenvalue weighted by Crippen LogP contribution is 2.29. The minimum Gasteiger partial charge on any atom is -0.485 e. The van der Waals surface area contributed by atoms with Gasteiger partial charge in [0, 0.05) is 12.6 Å². The van der Waals surface area contributed by atoms with Crippen molar-refractivity contribution < 1.29 is 27.5 Å². The third kappa shape index (κ3) is 7.11. The highest BCUT2D eigenvalue weighted by atomic mass is 35.5. The monoisotopic (exact) mass is 467 g/mol. The molecule has 0 spiro atoms. The predicted molar refractivity (Wildman–Crippen MR) is 114 cm³/mol. The van der Waals surface area contributed by atoms with E-state index in [4.69, 9.17) is 21.2 Å². The molecule has 162 valence electrons. The second kappa shape index (κ2) is 10.5. The summed E-state index contributed by atoms with van der Waals surface area (Å²) < 4.78 is 43.6. The van der Waals surface area contributed by atoms with Crippen molar-refractivity contribution in [3.63, 3.8) is 0 Å². The molecular weight excluding hydrogens is 451 g/mol. The number of hydrogen-bond donors (Lipinski definition) is 0. The number of nitrogens with zero attached hydrogens (tertiary/aromatic N) is 1. The van der Waals surface area contributed by atoms with Gasteiger partial charge in [-0.05, 0) is 47.5 Å². The molecular formula is C22H17ClF3NO3S. The van der Waals surface area contributed by atoms with E-state index in [1.54, 1.807) is 30.5 Å². The molecule has 0 N–H and O–H groups in total. The van der Waals surface area contributed by atoms with Crippen LogP contribution in [-0.4, -0.2) is 18.6 Å². The summed E-state index contributed by atoms with van der Waals surface area (Å²) in [5.74, 6) is 0.425. The lowest BCUT2D eigenvalue weighted by Crippen LogP contribution is -2.10. The first kappa shape index (κ1) is 22.8. The van der Waals surface area contributed by atoms with Gasteiger partial charge in [0.1, 0.15) is 12.4 Å². The van der Waals surface area contributed by atoms with Gasteiger partial charge in [0.05, 0.1) is 14.8 Å². The Hall–Kier alpha value is -2.84. The van der Waals surface area contributed by atoms with Crippen molar-refractivity contribution in [2.75, 3.05) is 6.61 Å². The van der Waals surface area contributed by atoms with Crippen LogP contribution < -0.4 is 4.74 Å². The average Bonchev–Trinajstić information content (AvgIpc) is 3.19. The van der Waals surface area contributed by atoms with E-state index in [2.05, 4.69) is 5.16 Å². The highest BCUT2D eigenvalue weighted by molar-refractivity contribution is 7.18. The van der Waals surface area contributed by atoms with Gasteiger partial charge >= 0.3 is 6.18 Å². The number of carbonyl (C=O) groups excluding carboxylic acids is 1. The van der Waals surface area contributed by atoms with Crippen LogP contribution in [0.5, 0.6) is 5.75 Å².